The summed E-state index contributed by atoms with van der Waals surface area (Å²) in [5, 5.41) is 1.88. The van der Waals surface area contributed by atoms with Gasteiger partial charge >= 0.3 is 0 Å². The lowest BCUT2D eigenvalue weighted by molar-refractivity contribution is -0.125. The molecule has 94 valence electrons. The van der Waals surface area contributed by atoms with Crippen LogP contribution in [0.15, 0.2) is 40.3 Å². The Morgan fingerprint density at radius 2 is 2.06 bits per heavy atom. The van der Waals surface area contributed by atoms with Crippen LogP contribution in [0.2, 0.25) is 0 Å². The minimum atomic E-state index is 0.0573. The molecule has 18 heavy (non-hydrogen) atoms. The highest BCUT2D eigenvalue weighted by atomic mass is 79.9. The van der Waals surface area contributed by atoms with Gasteiger partial charge in [0.15, 0.2) is 5.78 Å². The van der Waals surface area contributed by atoms with Crippen molar-refractivity contribution in [1.82, 2.24) is 4.90 Å². The molecule has 0 fully saturated rings. The number of halogens is 1. The van der Waals surface area contributed by atoms with Crippen LogP contribution in [0.5, 0.6) is 0 Å². The predicted octanol–water partition coefficient (Wildman–Crippen LogP) is 3.07. The van der Waals surface area contributed by atoms with Gasteiger partial charge in [-0.2, -0.15) is 0 Å². The van der Waals surface area contributed by atoms with Crippen LogP contribution in [0, 0.1) is 0 Å². The number of nitrogens with zero attached hydrogens (tertiary/aromatic N) is 1. The minimum absolute atomic E-state index is 0.0573. The molecule has 3 nitrogen and oxygen atoms in total. The molecule has 1 aromatic carbocycles. The van der Waals surface area contributed by atoms with Crippen molar-refractivity contribution in [2.45, 2.75) is 6.42 Å². The van der Waals surface area contributed by atoms with E-state index >= 15 is 0 Å². The average Bonchev–Trinajstić information content (AvgIpc) is 2.38. The average molecular weight is 326 g/mol. The summed E-state index contributed by atoms with van der Waals surface area (Å²) in [7, 11) is 0. The number of carbonyl (C=O) groups excluding carboxylic acids is 2. The molecule has 2 rings (SSSR count). The molecule has 0 bridgehead atoms. The highest BCUT2D eigenvalue weighted by molar-refractivity contribution is 9.10. The van der Waals surface area contributed by atoms with Crippen LogP contribution in [0.1, 0.15) is 16.8 Å². The zero-order chi connectivity index (χ0) is 13.0. The largest absolute Gasteiger partial charge is 0.317 e. The first-order valence-electron chi connectivity index (χ1n) is 5.53. The smallest absolute Gasteiger partial charge is 0.236 e. The molecule has 0 radical (unpaired) electrons. The molecule has 0 aromatic heterocycles. The van der Waals surface area contributed by atoms with Crippen LogP contribution in [-0.4, -0.2) is 28.9 Å². The Hall–Kier alpha value is -1.07. The van der Waals surface area contributed by atoms with Gasteiger partial charge in [-0.1, -0.05) is 28.1 Å². The van der Waals surface area contributed by atoms with Crippen molar-refractivity contribution in [3.8, 4) is 0 Å². The van der Waals surface area contributed by atoms with E-state index < -0.39 is 0 Å². The molecular weight excluding hydrogens is 314 g/mol. The lowest BCUT2D eigenvalue weighted by atomic mass is 10.1. The number of Topliss-reactive ketones (excluding diaryl/α,β-unsaturated/α-hetero) is 1. The first kappa shape index (κ1) is 13.4. The maximum atomic E-state index is 11.9. The molecule has 0 spiro atoms. The Kier molecular flexibility index (Phi) is 4.60. The Morgan fingerprint density at radius 1 is 1.33 bits per heavy atom. The Labute approximate surface area is 118 Å². The van der Waals surface area contributed by atoms with Crippen molar-refractivity contribution in [1.29, 1.82) is 0 Å². The van der Waals surface area contributed by atoms with Gasteiger partial charge in [0.05, 0.1) is 5.75 Å². The molecule has 5 heteroatoms. The van der Waals surface area contributed by atoms with Crippen molar-refractivity contribution in [3.05, 3.63) is 45.9 Å². The van der Waals surface area contributed by atoms with E-state index in [4.69, 9.17) is 0 Å². The van der Waals surface area contributed by atoms with E-state index in [1.54, 1.807) is 23.2 Å². The Balaban J connectivity index is 1.92. The van der Waals surface area contributed by atoms with Crippen molar-refractivity contribution in [2.75, 3.05) is 12.3 Å². The fourth-order valence-corrected chi connectivity index (χ4v) is 2.51. The SMILES string of the molecule is O=C(CCN1C=CSCC1=O)c1ccc(Br)cc1. The number of hydrogen-bond donors (Lipinski definition) is 0. The van der Waals surface area contributed by atoms with E-state index in [9.17, 15) is 9.59 Å². The molecule has 0 saturated carbocycles. The third-order valence-electron chi connectivity index (χ3n) is 2.61. The van der Waals surface area contributed by atoms with Gasteiger partial charge in [-0.05, 0) is 17.5 Å². The number of rotatable bonds is 4. The predicted molar refractivity (Wildman–Crippen MR) is 76.4 cm³/mol. The number of thioether (sulfide) groups is 1. The van der Waals surface area contributed by atoms with Gasteiger partial charge in [0, 0.05) is 29.2 Å². The zero-order valence-corrected chi connectivity index (χ0v) is 12.0. The first-order valence-corrected chi connectivity index (χ1v) is 7.37. The summed E-state index contributed by atoms with van der Waals surface area (Å²) < 4.78 is 0.949. The molecule has 0 unspecified atom stereocenters. The van der Waals surface area contributed by atoms with E-state index in [1.165, 1.54) is 11.8 Å². The topological polar surface area (TPSA) is 37.4 Å². The van der Waals surface area contributed by atoms with Gasteiger partial charge in [0.2, 0.25) is 5.91 Å². The maximum Gasteiger partial charge on any atom is 0.236 e. The third-order valence-corrected chi connectivity index (χ3v) is 3.87. The van der Waals surface area contributed by atoms with Gasteiger partial charge in [-0.15, -0.1) is 11.8 Å². The normalized spacial score (nSPS) is 14.9. The highest BCUT2D eigenvalue weighted by Gasteiger charge is 2.15. The van der Waals surface area contributed by atoms with E-state index in [0.29, 0.717) is 24.3 Å². The number of benzene rings is 1. The monoisotopic (exact) mass is 325 g/mol. The van der Waals surface area contributed by atoms with Gasteiger partial charge in [-0.3, -0.25) is 9.59 Å². The van der Waals surface area contributed by atoms with E-state index in [-0.39, 0.29) is 11.7 Å². The highest BCUT2D eigenvalue weighted by Crippen LogP contribution is 2.15. The van der Waals surface area contributed by atoms with Gasteiger partial charge < -0.3 is 4.90 Å². The van der Waals surface area contributed by atoms with Crippen LogP contribution in [-0.2, 0) is 4.79 Å². The zero-order valence-electron chi connectivity index (χ0n) is 9.64. The summed E-state index contributed by atoms with van der Waals surface area (Å²) in [6, 6.07) is 7.26. The molecule has 0 atom stereocenters. The van der Waals surface area contributed by atoms with E-state index in [2.05, 4.69) is 15.9 Å². The second kappa shape index (κ2) is 6.20. The fraction of sp³-hybridized carbons (Fsp3) is 0.231. The van der Waals surface area contributed by atoms with Gasteiger partial charge in [-0.25, -0.2) is 0 Å². The van der Waals surface area contributed by atoms with Gasteiger partial charge in [0.1, 0.15) is 0 Å². The summed E-state index contributed by atoms with van der Waals surface area (Å²) in [6.45, 7) is 0.449. The van der Waals surface area contributed by atoms with Crippen LogP contribution >= 0.6 is 27.7 Å². The summed E-state index contributed by atoms with van der Waals surface area (Å²) >= 11 is 4.81. The Bertz CT molecular complexity index is 484. The molecule has 0 saturated heterocycles. The number of ketones is 1. The van der Waals surface area contributed by atoms with E-state index in [0.717, 1.165) is 4.47 Å². The second-order valence-corrected chi connectivity index (χ2v) is 5.67. The number of amides is 1. The molecule has 1 aliphatic heterocycles. The van der Waals surface area contributed by atoms with E-state index in [1.807, 2.05) is 17.5 Å². The van der Waals surface area contributed by atoms with Gasteiger partial charge in [0.25, 0.3) is 0 Å². The summed E-state index contributed by atoms with van der Waals surface area (Å²) in [5.74, 6) is 0.580. The molecule has 1 aliphatic rings. The lowest BCUT2D eigenvalue weighted by Gasteiger charge is -2.20. The lowest BCUT2D eigenvalue weighted by Crippen LogP contribution is -2.31. The standard InChI is InChI=1S/C13H12BrNO2S/c14-11-3-1-10(2-4-11)12(16)5-6-15-7-8-18-9-13(15)17/h1-4,7-8H,5-6,9H2. The van der Waals surface area contributed by atoms with Crippen LogP contribution in [0.25, 0.3) is 0 Å². The molecule has 1 aromatic rings. The Morgan fingerprint density at radius 3 is 2.72 bits per heavy atom. The number of carbonyl (C=O) groups is 2. The van der Waals surface area contributed by atoms with Crippen LogP contribution in [0.4, 0.5) is 0 Å². The molecule has 0 aliphatic carbocycles. The van der Waals surface area contributed by atoms with Crippen LogP contribution < -0.4 is 0 Å². The molecular formula is C13H12BrNO2S. The van der Waals surface area contributed by atoms with Crippen molar-refractivity contribution in [3.63, 3.8) is 0 Å². The molecule has 1 amide bonds. The van der Waals surface area contributed by atoms with Crippen molar-refractivity contribution in [2.24, 2.45) is 0 Å². The van der Waals surface area contributed by atoms with Crippen molar-refractivity contribution >= 4 is 39.4 Å². The molecule has 1 heterocycles. The van der Waals surface area contributed by atoms with Crippen molar-refractivity contribution < 1.29 is 9.59 Å². The molecule has 0 N–H and O–H groups in total. The third kappa shape index (κ3) is 3.46. The van der Waals surface area contributed by atoms with Crippen LogP contribution in [0.3, 0.4) is 0 Å². The number of hydrogen-bond acceptors (Lipinski definition) is 3. The first-order chi connectivity index (χ1) is 8.66. The summed E-state index contributed by atoms with van der Waals surface area (Å²) in [4.78, 5) is 25.1. The minimum Gasteiger partial charge on any atom is -0.317 e. The summed E-state index contributed by atoms with van der Waals surface area (Å²) in [5.41, 5.74) is 0.681. The quantitative estimate of drug-likeness (QED) is 0.798. The second-order valence-electron chi connectivity index (χ2n) is 3.86. The maximum absolute atomic E-state index is 11.9. The fourth-order valence-electron chi connectivity index (χ4n) is 1.60. The summed E-state index contributed by atoms with van der Waals surface area (Å²) in [6.07, 6.45) is 2.09.